The minimum Gasteiger partial charge on any atom is -0.293 e. The Morgan fingerprint density at radius 3 is 2.45 bits per heavy atom. The van der Waals surface area contributed by atoms with E-state index in [1.54, 1.807) is 0 Å². The third-order valence-corrected chi connectivity index (χ3v) is 6.42. The lowest BCUT2D eigenvalue weighted by Gasteiger charge is -2.38. The van der Waals surface area contributed by atoms with E-state index in [-0.39, 0.29) is 10.1 Å². The van der Waals surface area contributed by atoms with Gasteiger partial charge in [-0.2, -0.15) is 0 Å². The molecule has 108 valence electrons. The molecule has 0 N–H and O–H groups in total. The van der Waals surface area contributed by atoms with Gasteiger partial charge in [-0.15, -0.1) is 0 Å². The van der Waals surface area contributed by atoms with Crippen LogP contribution in [0.15, 0.2) is 34.3 Å². The van der Waals surface area contributed by atoms with Gasteiger partial charge < -0.3 is 0 Å². The highest BCUT2D eigenvalue weighted by Crippen LogP contribution is 2.44. The minimum atomic E-state index is -0.388. The molecule has 0 heterocycles. The topological polar surface area (TPSA) is 17.1 Å². The summed E-state index contributed by atoms with van der Waals surface area (Å²) in [7, 11) is 0. The van der Waals surface area contributed by atoms with Crippen LogP contribution in [0.3, 0.4) is 0 Å². The number of hydrogen-bond acceptors (Lipinski definition) is 1. The van der Waals surface area contributed by atoms with E-state index in [9.17, 15) is 4.79 Å². The van der Waals surface area contributed by atoms with Crippen LogP contribution in [0, 0.1) is 11.8 Å². The van der Waals surface area contributed by atoms with Crippen molar-refractivity contribution in [1.82, 2.24) is 0 Å². The van der Waals surface area contributed by atoms with Gasteiger partial charge in [-0.3, -0.25) is 4.79 Å². The van der Waals surface area contributed by atoms with Gasteiger partial charge in [0.2, 0.25) is 0 Å². The Kier molecular flexibility index (Phi) is 4.91. The molecule has 0 saturated heterocycles. The molecule has 0 radical (unpaired) electrons. The van der Waals surface area contributed by atoms with E-state index in [2.05, 4.69) is 58.7 Å². The number of Topliss-reactive ketones (excluding diaryl/α,β-unsaturated/α-hetero) is 1. The van der Waals surface area contributed by atoms with Crippen LogP contribution in [0.5, 0.6) is 0 Å². The van der Waals surface area contributed by atoms with E-state index in [4.69, 9.17) is 0 Å². The van der Waals surface area contributed by atoms with Crippen LogP contribution in [0.4, 0.5) is 0 Å². The first-order valence-electron chi connectivity index (χ1n) is 7.05. The monoisotopic (exact) mass is 398 g/mol. The Bertz CT molecular complexity index is 530. The molecule has 1 saturated carbocycles. The third kappa shape index (κ3) is 3.09. The summed E-state index contributed by atoms with van der Waals surface area (Å²) >= 11 is 7.16. The second-order valence-corrected chi connectivity index (χ2v) is 8.27. The predicted molar refractivity (Wildman–Crippen MR) is 92.0 cm³/mol. The van der Waals surface area contributed by atoms with Crippen molar-refractivity contribution in [3.63, 3.8) is 0 Å². The Balaban J connectivity index is 2.37. The Morgan fingerprint density at radius 1 is 1.30 bits per heavy atom. The smallest absolute Gasteiger partial charge is 0.176 e. The number of hydrogen-bond donors (Lipinski definition) is 0. The van der Waals surface area contributed by atoms with Crippen molar-refractivity contribution in [1.29, 1.82) is 0 Å². The molecule has 1 aliphatic rings. The lowest BCUT2D eigenvalue weighted by atomic mass is 9.73. The van der Waals surface area contributed by atoms with Gasteiger partial charge in [0.15, 0.2) is 5.78 Å². The Hall–Kier alpha value is -0.410. The van der Waals surface area contributed by atoms with Crippen LogP contribution in [0.2, 0.25) is 0 Å². The standard InChI is InChI=1S/C17H20Br2O/c1-11(2)17(19)9-8-12(3)15(16(17)20)10-13-4-6-14(18)7-5-13/h4-7,10-12H,8-9H2,1-3H3/b15-10+/t12-,17+/m1/s1. The van der Waals surface area contributed by atoms with E-state index in [1.165, 1.54) is 0 Å². The van der Waals surface area contributed by atoms with Crippen molar-refractivity contribution in [2.24, 2.45) is 11.8 Å². The molecule has 0 bridgehead atoms. The highest BCUT2D eigenvalue weighted by atomic mass is 79.9. The quantitative estimate of drug-likeness (QED) is 0.465. The number of carbonyl (C=O) groups excluding carboxylic acids is 1. The highest BCUT2D eigenvalue weighted by Gasteiger charge is 2.44. The van der Waals surface area contributed by atoms with E-state index >= 15 is 0 Å². The van der Waals surface area contributed by atoms with Gasteiger partial charge >= 0.3 is 0 Å². The van der Waals surface area contributed by atoms with E-state index < -0.39 is 0 Å². The fourth-order valence-corrected chi connectivity index (χ4v) is 3.38. The molecule has 1 fully saturated rings. The maximum atomic E-state index is 12.8. The average molecular weight is 400 g/mol. The van der Waals surface area contributed by atoms with Crippen LogP contribution in [-0.2, 0) is 4.79 Å². The molecule has 2 atom stereocenters. The zero-order chi connectivity index (χ0) is 14.9. The zero-order valence-electron chi connectivity index (χ0n) is 12.1. The van der Waals surface area contributed by atoms with Gasteiger partial charge in [-0.25, -0.2) is 0 Å². The molecular formula is C17H20Br2O. The number of rotatable bonds is 2. The maximum absolute atomic E-state index is 12.8. The van der Waals surface area contributed by atoms with Crippen molar-refractivity contribution in [2.75, 3.05) is 0 Å². The first kappa shape index (κ1) is 16.0. The fraction of sp³-hybridized carbons (Fsp3) is 0.471. The molecule has 1 aliphatic carbocycles. The summed E-state index contributed by atoms with van der Waals surface area (Å²) in [6.45, 7) is 6.37. The van der Waals surface area contributed by atoms with Gasteiger partial charge in [0, 0.05) is 10.0 Å². The van der Waals surface area contributed by atoms with E-state index in [0.717, 1.165) is 28.5 Å². The number of halogens is 2. The van der Waals surface area contributed by atoms with Gasteiger partial charge in [0.05, 0.1) is 4.32 Å². The number of alkyl halides is 1. The largest absolute Gasteiger partial charge is 0.293 e. The molecule has 1 nitrogen and oxygen atoms in total. The van der Waals surface area contributed by atoms with Crippen molar-refractivity contribution in [3.8, 4) is 0 Å². The van der Waals surface area contributed by atoms with Crippen LogP contribution in [0.1, 0.15) is 39.2 Å². The van der Waals surface area contributed by atoms with Gasteiger partial charge in [0.25, 0.3) is 0 Å². The number of benzene rings is 1. The number of allylic oxidation sites excluding steroid dienone is 1. The van der Waals surface area contributed by atoms with Crippen LogP contribution in [-0.4, -0.2) is 10.1 Å². The van der Waals surface area contributed by atoms with Crippen molar-refractivity contribution in [3.05, 3.63) is 39.9 Å². The summed E-state index contributed by atoms with van der Waals surface area (Å²) in [5, 5.41) is 0. The molecule has 0 unspecified atom stereocenters. The number of ketones is 1. The minimum absolute atomic E-state index is 0.258. The average Bonchev–Trinajstić information content (AvgIpc) is 2.41. The highest BCUT2D eigenvalue weighted by molar-refractivity contribution is 9.10. The Morgan fingerprint density at radius 2 is 1.90 bits per heavy atom. The van der Waals surface area contributed by atoms with Gasteiger partial charge in [-0.05, 0) is 48.4 Å². The van der Waals surface area contributed by atoms with Crippen LogP contribution < -0.4 is 0 Å². The van der Waals surface area contributed by atoms with E-state index in [1.807, 2.05) is 24.3 Å². The first-order valence-corrected chi connectivity index (χ1v) is 8.64. The maximum Gasteiger partial charge on any atom is 0.176 e. The molecule has 0 spiro atoms. The molecular weight excluding hydrogens is 380 g/mol. The SMILES string of the molecule is CC(C)[C@@]1(Br)CC[C@@H](C)/C(=C\c2ccc(Br)cc2)C1=O. The lowest BCUT2D eigenvalue weighted by molar-refractivity contribution is -0.120. The predicted octanol–water partition coefficient (Wildman–Crippen LogP) is 5.62. The second-order valence-electron chi connectivity index (χ2n) is 5.94. The van der Waals surface area contributed by atoms with Crippen molar-refractivity contribution >= 4 is 43.7 Å². The molecule has 0 aliphatic heterocycles. The fourth-order valence-electron chi connectivity index (χ4n) is 2.66. The Labute approximate surface area is 138 Å². The summed E-state index contributed by atoms with van der Waals surface area (Å²) in [4.78, 5) is 12.8. The number of carbonyl (C=O) groups is 1. The zero-order valence-corrected chi connectivity index (χ0v) is 15.3. The molecule has 1 aromatic rings. The molecule has 3 heteroatoms. The molecule has 2 rings (SSSR count). The summed E-state index contributed by atoms with van der Waals surface area (Å²) < 4.78 is 0.667. The summed E-state index contributed by atoms with van der Waals surface area (Å²) in [5.41, 5.74) is 2.04. The third-order valence-electron chi connectivity index (χ3n) is 4.22. The van der Waals surface area contributed by atoms with Crippen LogP contribution in [0.25, 0.3) is 6.08 Å². The van der Waals surface area contributed by atoms with Crippen LogP contribution >= 0.6 is 31.9 Å². The molecule has 0 amide bonds. The second kappa shape index (κ2) is 6.15. The normalized spacial score (nSPS) is 29.2. The first-order chi connectivity index (χ1) is 9.34. The molecule has 1 aromatic carbocycles. The van der Waals surface area contributed by atoms with E-state index in [0.29, 0.717) is 11.8 Å². The van der Waals surface area contributed by atoms with Crippen molar-refractivity contribution < 1.29 is 4.79 Å². The van der Waals surface area contributed by atoms with Gasteiger partial charge in [0.1, 0.15) is 0 Å². The van der Waals surface area contributed by atoms with Crippen molar-refractivity contribution in [2.45, 2.75) is 37.9 Å². The summed E-state index contributed by atoms with van der Waals surface area (Å²) in [5.74, 6) is 0.889. The molecule has 20 heavy (non-hydrogen) atoms. The summed E-state index contributed by atoms with van der Waals surface area (Å²) in [6.07, 6.45) is 4.02. The lowest BCUT2D eigenvalue weighted by Crippen LogP contribution is -2.43. The van der Waals surface area contributed by atoms with Gasteiger partial charge in [-0.1, -0.05) is 64.8 Å². The summed E-state index contributed by atoms with van der Waals surface area (Å²) in [6, 6.07) is 8.09. The molecule has 0 aromatic heterocycles.